The summed E-state index contributed by atoms with van der Waals surface area (Å²) < 4.78 is 63.4. The number of alkyl halides is 3. The van der Waals surface area contributed by atoms with Gasteiger partial charge in [0, 0.05) is 24.9 Å². The van der Waals surface area contributed by atoms with Crippen LogP contribution in [0.25, 0.3) is 0 Å². The molecule has 6 nitrogen and oxygen atoms in total. The molecule has 0 saturated carbocycles. The number of guanidine groups is 1. The first-order valence-electron chi connectivity index (χ1n) is 7.64. The van der Waals surface area contributed by atoms with Gasteiger partial charge >= 0.3 is 6.36 Å². The molecule has 2 N–H and O–H groups in total. The molecule has 26 heavy (non-hydrogen) atoms. The van der Waals surface area contributed by atoms with Crippen LogP contribution in [0.1, 0.15) is 18.9 Å². The topological polar surface area (TPSA) is 79.8 Å². The number of benzene rings is 1. The minimum Gasteiger partial charge on any atom is -0.405 e. The van der Waals surface area contributed by atoms with Crippen molar-refractivity contribution in [2.45, 2.75) is 26.3 Å². The second-order valence-electron chi connectivity index (χ2n) is 5.26. The van der Waals surface area contributed by atoms with E-state index < -0.39 is 16.2 Å². The highest BCUT2D eigenvalue weighted by Crippen LogP contribution is 2.26. The van der Waals surface area contributed by atoms with Crippen molar-refractivity contribution < 1.29 is 26.3 Å². The van der Waals surface area contributed by atoms with Crippen LogP contribution >= 0.6 is 24.0 Å². The molecule has 11 heteroatoms. The largest absolute Gasteiger partial charge is 0.573 e. The van der Waals surface area contributed by atoms with Crippen LogP contribution in [0.3, 0.4) is 0 Å². The van der Waals surface area contributed by atoms with Gasteiger partial charge in [0.05, 0.1) is 12.3 Å². The first kappa shape index (κ1) is 24.8. The maximum absolute atomic E-state index is 12.4. The second kappa shape index (κ2) is 11.5. The Labute approximate surface area is 168 Å². The lowest BCUT2D eigenvalue weighted by Gasteiger charge is -2.13. The van der Waals surface area contributed by atoms with E-state index >= 15 is 0 Å². The molecule has 0 aliphatic rings. The molecule has 0 bridgehead atoms. The third-order valence-electron chi connectivity index (χ3n) is 2.93. The monoisotopic (exact) mass is 509 g/mol. The molecule has 0 radical (unpaired) electrons. The summed E-state index contributed by atoms with van der Waals surface area (Å²) in [6.07, 6.45) is -3.21. The van der Waals surface area contributed by atoms with Crippen LogP contribution < -0.4 is 15.4 Å². The van der Waals surface area contributed by atoms with Crippen molar-refractivity contribution in [1.82, 2.24) is 10.6 Å². The quantitative estimate of drug-likeness (QED) is 0.244. The van der Waals surface area contributed by atoms with Gasteiger partial charge in [0.15, 0.2) is 5.96 Å². The molecule has 0 aromatic heterocycles. The number of para-hydroxylation sites is 1. The average Bonchev–Trinajstić information content (AvgIpc) is 2.47. The number of halogens is 4. The van der Waals surface area contributed by atoms with E-state index in [0.717, 1.165) is 6.26 Å². The summed E-state index contributed by atoms with van der Waals surface area (Å²) in [5.41, 5.74) is 0.285. The molecule has 1 aromatic rings. The van der Waals surface area contributed by atoms with Gasteiger partial charge in [-0.3, -0.25) is 0 Å². The molecule has 1 rings (SSSR count). The zero-order valence-corrected chi connectivity index (χ0v) is 17.6. The number of nitrogens with zero attached hydrogens (tertiary/aromatic N) is 1. The lowest BCUT2D eigenvalue weighted by Crippen LogP contribution is -2.38. The number of hydrogen-bond acceptors (Lipinski definition) is 4. The third kappa shape index (κ3) is 11.4. The van der Waals surface area contributed by atoms with Gasteiger partial charge in [-0.15, -0.1) is 37.1 Å². The lowest BCUT2D eigenvalue weighted by molar-refractivity contribution is -0.274. The molecule has 0 aliphatic heterocycles. The number of rotatable bonds is 8. The molecule has 0 heterocycles. The Kier molecular flexibility index (Phi) is 10.9. The molecular weight excluding hydrogens is 486 g/mol. The fourth-order valence-electron chi connectivity index (χ4n) is 1.91. The highest BCUT2D eigenvalue weighted by Gasteiger charge is 2.31. The van der Waals surface area contributed by atoms with Gasteiger partial charge < -0.3 is 15.4 Å². The number of aliphatic imine (C=N–C) groups is 1. The van der Waals surface area contributed by atoms with Crippen LogP contribution in [0.4, 0.5) is 13.2 Å². The zero-order valence-electron chi connectivity index (χ0n) is 14.5. The summed E-state index contributed by atoms with van der Waals surface area (Å²) in [6.45, 7) is 2.75. The van der Waals surface area contributed by atoms with Crippen molar-refractivity contribution in [3.05, 3.63) is 29.8 Å². The van der Waals surface area contributed by atoms with Crippen molar-refractivity contribution in [2.75, 3.05) is 25.1 Å². The number of ether oxygens (including phenoxy) is 1. The normalized spacial score (nSPS) is 12.3. The van der Waals surface area contributed by atoms with Crippen molar-refractivity contribution in [1.29, 1.82) is 0 Å². The average molecular weight is 509 g/mol. The summed E-state index contributed by atoms with van der Waals surface area (Å²) in [5, 5.41) is 5.89. The maximum Gasteiger partial charge on any atom is 0.573 e. The summed E-state index contributed by atoms with van der Waals surface area (Å²) in [6, 6.07) is 5.77. The van der Waals surface area contributed by atoms with Crippen LogP contribution in [-0.2, 0) is 16.4 Å². The van der Waals surface area contributed by atoms with Crippen molar-refractivity contribution in [2.24, 2.45) is 4.99 Å². The fourth-order valence-corrected chi connectivity index (χ4v) is 2.57. The molecular formula is C15H23F3IN3O3S. The van der Waals surface area contributed by atoms with Crippen LogP contribution in [0.5, 0.6) is 5.75 Å². The first-order valence-corrected chi connectivity index (χ1v) is 9.70. The molecule has 0 fully saturated rings. The molecule has 0 spiro atoms. The first-order chi connectivity index (χ1) is 11.6. The Morgan fingerprint density at radius 1 is 1.23 bits per heavy atom. The minimum atomic E-state index is -4.77. The number of hydrogen-bond donors (Lipinski definition) is 2. The van der Waals surface area contributed by atoms with Gasteiger partial charge in [0.2, 0.25) is 0 Å². The predicted molar refractivity (Wildman–Crippen MR) is 106 cm³/mol. The van der Waals surface area contributed by atoms with Crippen LogP contribution in [0.15, 0.2) is 29.3 Å². The Morgan fingerprint density at radius 2 is 1.88 bits per heavy atom. The van der Waals surface area contributed by atoms with Gasteiger partial charge in [-0.1, -0.05) is 18.2 Å². The van der Waals surface area contributed by atoms with E-state index in [9.17, 15) is 21.6 Å². The Morgan fingerprint density at radius 3 is 2.46 bits per heavy atom. The van der Waals surface area contributed by atoms with E-state index in [-0.39, 0.29) is 47.6 Å². The van der Waals surface area contributed by atoms with Gasteiger partial charge in [-0.2, -0.15) is 0 Å². The summed E-state index contributed by atoms with van der Waals surface area (Å²) >= 11 is 0. The third-order valence-corrected chi connectivity index (χ3v) is 3.96. The highest BCUT2D eigenvalue weighted by atomic mass is 127. The van der Waals surface area contributed by atoms with E-state index in [2.05, 4.69) is 20.4 Å². The van der Waals surface area contributed by atoms with Gasteiger partial charge in [-0.05, 0) is 19.4 Å². The summed E-state index contributed by atoms with van der Waals surface area (Å²) in [7, 11) is -3.04. The molecule has 0 atom stereocenters. The standard InChI is InChI=1S/C15H22F3N3O3S.HI/c1-3-19-14(20-9-6-10-25(2,22)23)21-11-12-7-4-5-8-13(12)24-15(16,17)18;/h4-5,7-8H,3,6,9-11H2,1-2H3,(H2,19,20,21);1H. The molecule has 0 unspecified atom stereocenters. The van der Waals surface area contributed by atoms with E-state index in [1.165, 1.54) is 18.2 Å². The van der Waals surface area contributed by atoms with Crippen LogP contribution in [0, 0.1) is 0 Å². The molecule has 150 valence electrons. The highest BCUT2D eigenvalue weighted by molar-refractivity contribution is 14.0. The lowest BCUT2D eigenvalue weighted by atomic mass is 10.2. The summed E-state index contributed by atoms with van der Waals surface area (Å²) in [5.74, 6) is 0.131. The van der Waals surface area contributed by atoms with E-state index in [4.69, 9.17) is 0 Å². The van der Waals surface area contributed by atoms with E-state index in [1.54, 1.807) is 6.07 Å². The molecule has 0 aliphatic carbocycles. The van der Waals surface area contributed by atoms with Crippen molar-refractivity contribution >= 4 is 39.8 Å². The number of nitrogens with one attached hydrogen (secondary N) is 2. The van der Waals surface area contributed by atoms with Gasteiger partial charge in [0.1, 0.15) is 15.6 Å². The molecule has 0 amide bonds. The minimum absolute atomic E-state index is 0. The zero-order chi connectivity index (χ0) is 18.9. The Hall–Kier alpha value is -1.24. The number of sulfone groups is 1. The van der Waals surface area contributed by atoms with Crippen molar-refractivity contribution in [3.8, 4) is 5.75 Å². The van der Waals surface area contributed by atoms with Gasteiger partial charge in [-0.25, -0.2) is 13.4 Å². The molecule has 0 saturated heterocycles. The Bertz CT molecular complexity index is 682. The maximum atomic E-state index is 12.4. The Balaban J connectivity index is 0.00000625. The second-order valence-corrected chi connectivity index (χ2v) is 7.52. The SMILES string of the molecule is CCNC(=NCc1ccccc1OC(F)(F)F)NCCCS(C)(=O)=O.I. The van der Waals surface area contributed by atoms with Crippen molar-refractivity contribution in [3.63, 3.8) is 0 Å². The van der Waals surface area contributed by atoms with Gasteiger partial charge in [0.25, 0.3) is 0 Å². The smallest absolute Gasteiger partial charge is 0.405 e. The van der Waals surface area contributed by atoms with E-state index in [0.29, 0.717) is 25.5 Å². The summed E-state index contributed by atoms with van der Waals surface area (Å²) in [4.78, 5) is 4.21. The van der Waals surface area contributed by atoms with Crippen LogP contribution in [-0.4, -0.2) is 45.8 Å². The van der Waals surface area contributed by atoms with Crippen LogP contribution in [0.2, 0.25) is 0 Å². The molecule has 1 aromatic carbocycles. The van der Waals surface area contributed by atoms with E-state index in [1.807, 2.05) is 6.92 Å². The predicted octanol–water partition coefficient (Wildman–Crippen LogP) is 2.69. The fraction of sp³-hybridized carbons (Fsp3) is 0.533.